The van der Waals surface area contributed by atoms with Gasteiger partial charge in [0.15, 0.2) is 0 Å². The summed E-state index contributed by atoms with van der Waals surface area (Å²) in [6, 6.07) is 7.21. The fourth-order valence-electron chi connectivity index (χ4n) is 6.20. The van der Waals surface area contributed by atoms with Gasteiger partial charge in [-0.1, -0.05) is 46.1 Å². The van der Waals surface area contributed by atoms with Crippen LogP contribution < -0.4 is 9.44 Å². The quantitative estimate of drug-likeness (QED) is 0.379. The number of nitrogens with one attached hydrogen (secondary N) is 2. The standard InChI is InChI=1S/C32H52N4O5S2/c1-24-30(42(37,38)33-15-16-35-17-19-41-20-18-35)22-28(36(24)23-25-11-9-8-10-12-25)26-13-14-29(27(21-26)31(2,3)4)43(39,40)34-32(5,6)7/h13-14,21-22,25,33-34H,8-12,15-20,23H2,1-7H3. The molecule has 1 aromatic heterocycles. The van der Waals surface area contributed by atoms with Crippen LogP contribution in [-0.4, -0.2) is 71.2 Å². The molecule has 2 aliphatic rings. The molecule has 2 aromatic rings. The minimum Gasteiger partial charge on any atom is -0.379 e. The normalized spacial score (nSPS) is 18.3. The molecule has 0 atom stereocenters. The van der Waals surface area contributed by atoms with Crippen LogP contribution in [0.4, 0.5) is 0 Å². The summed E-state index contributed by atoms with van der Waals surface area (Å²) >= 11 is 0. The number of rotatable bonds is 10. The lowest BCUT2D eigenvalue weighted by Crippen LogP contribution is -2.41. The Hall–Kier alpha value is -1.76. The number of hydrogen-bond donors (Lipinski definition) is 2. The summed E-state index contributed by atoms with van der Waals surface area (Å²) in [6.45, 7) is 18.0. The number of benzene rings is 1. The topological polar surface area (TPSA) is 110 Å². The second-order valence-electron chi connectivity index (χ2n) is 14.3. The number of morpholine rings is 1. The van der Waals surface area contributed by atoms with E-state index in [1.165, 1.54) is 19.3 Å². The zero-order valence-electron chi connectivity index (χ0n) is 27.1. The summed E-state index contributed by atoms with van der Waals surface area (Å²) < 4.78 is 67.5. The first-order chi connectivity index (χ1) is 20.0. The van der Waals surface area contributed by atoms with Crippen LogP contribution in [0, 0.1) is 12.8 Å². The van der Waals surface area contributed by atoms with Gasteiger partial charge in [0, 0.05) is 49.7 Å². The van der Waals surface area contributed by atoms with E-state index in [2.05, 4.69) is 18.9 Å². The molecule has 0 bridgehead atoms. The Balaban J connectivity index is 1.75. The van der Waals surface area contributed by atoms with Crippen molar-refractivity contribution >= 4 is 20.0 Å². The van der Waals surface area contributed by atoms with Gasteiger partial charge in [0.1, 0.15) is 4.90 Å². The Kier molecular flexibility index (Phi) is 10.6. The number of nitrogens with zero attached hydrogens (tertiary/aromatic N) is 2. The molecule has 11 heteroatoms. The second kappa shape index (κ2) is 13.3. The third-order valence-corrected chi connectivity index (χ3v) is 11.8. The second-order valence-corrected chi connectivity index (χ2v) is 17.6. The number of aromatic nitrogens is 1. The molecule has 9 nitrogen and oxygen atoms in total. The van der Waals surface area contributed by atoms with Crippen molar-refractivity contribution in [3.05, 3.63) is 35.5 Å². The SMILES string of the molecule is Cc1c(S(=O)(=O)NCCN2CCOCC2)cc(-c2ccc(S(=O)(=O)NC(C)(C)C)c(C(C)(C)C)c2)n1CC1CCCCC1. The molecule has 2 fully saturated rings. The van der Waals surface area contributed by atoms with Gasteiger partial charge >= 0.3 is 0 Å². The van der Waals surface area contributed by atoms with Crippen molar-refractivity contribution in [3.63, 3.8) is 0 Å². The smallest absolute Gasteiger partial charge is 0.242 e. The lowest BCUT2D eigenvalue weighted by atomic mass is 9.85. The van der Waals surface area contributed by atoms with E-state index in [0.717, 1.165) is 43.7 Å². The van der Waals surface area contributed by atoms with E-state index in [-0.39, 0.29) is 9.79 Å². The molecule has 1 aliphatic carbocycles. The van der Waals surface area contributed by atoms with Crippen molar-refractivity contribution in [1.82, 2.24) is 18.9 Å². The van der Waals surface area contributed by atoms with Crippen molar-refractivity contribution in [2.75, 3.05) is 39.4 Å². The van der Waals surface area contributed by atoms with Crippen LogP contribution in [0.15, 0.2) is 34.1 Å². The first-order valence-corrected chi connectivity index (χ1v) is 18.6. The number of sulfonamides is 2. The van der Waals surface area contributed by atoms with E-state index in [1.807, 2.05) is 60.6 Å². The Bertz CT molecular complexity index is 1470. The Morgan fingerprint density at radius 3 is 2.14 bits per heavy atom. The molecule has 2 heterocycles. The predicted molar refractivity (Wildman–Crippen MR) is 172 cm³/mol. The van der Waals surface area contributed by atoms with E-state index in [1.54, 1.807) is 12.1 Å². The highest BCUT2D eigenvalue weighted by Gasteiger charge is 2.31. The monoisotopic (exact) mass is 636 g/mol. The molecule has 0 unspecified atom stereocenters. The molecule has 43 heavy (non-hydrogen) atoms. The minimum atomic E-state index is -3.78. The summed E-state index contributed by atoms with van der Waals surface area (Å²) in [5.41, 5.74) is 1.92. The molecule has 4 rings (SSSR count). The zero-order chi connectivity index (χ0) is 31.6. The first kappa shape index (κ1) is 34.1. The predicted octanol–water partition coefficient (Wildman–Crippen LogP) is 5.03. The van der Waals surface area contributed by atoms with Gasteiger partial charge in [-0.15, -0.1) is 0 Å². The zero-order valence-corrected chi connectivity index (χ0v) is 28.8. The van der Waals surface area contributed by atoms with E-state index in [0.29, 0.717) is 43.5 Å². The van der Waals surface area contributed by atoms with Crippen LogP contribution in [0.1, 0.15) is 84.9 Å². The van der Waals surface area contributed by atoms with E-state index in [9.17, 15) is 16.8 Å². The molecule has 1 aliphatic heterocycles. The molecule has 0 spiro atoms. The summed E-state index contributed by atoms with van der Waals surface area (Å²) in [5, 5.41) is 0. The largest absolute Gasteiger partial charge is 0.379 e. The average molecular weight is 637 g/mol. The Labute approximate surface area is 259 Å². The van der Waals surface area contributed by atoms with Gasteiger partial charge < -0.3 is 9.30 Å². The molecule has 0 amide bonds. The van der Waals surface area contributed by atoms with Gasteiger partial charge in [0.2, 0.25) is 20.0 Å². The molecular formula is C32H52N4O5S2. The van der Waals surface area contributed by atoms with Crippen LogP contribution in [0.3, 0.4) is 0 Å². The van der Waals surface area contributed by atoms with E-state index < -0.39 is 31.0 Å². The van der Waals surface area contributed by atoms with Crippen molar-refractivity contribution in [1.29, 1.82) is 0 Å². The maximum atomic E-state index is 13.7. The van der Waals surface area contributed by atoms with Crippen LogP contribution >= 0.6 is 0 Å². The molecule has 2 N–H and O–H groups in total. The van der Waals surface area contributed by atoms with Gasteiger partial charge in [-0.3, -0.25) is 4.90 Å². The van der Waals surface area contributed by atoms with Gasteiger partial charge in [0.25, 0.3) is 0 Å². The molecule has 0 radical (unpaired) electrons. The van der Waals surface area contributed by atoms with Crippen LogP contribution in [-0.2, 0) is 36.7 Å². The third-order valence-electron chi connectivity index (χ3n) is 8.41. The molecule has 242 valence electrons. The van der Waals surface area contributed by atoms with Crippen molar-refractivity contribution in [2.24, 2.45) is 5.92 Å². The fraction of sp³-hybridized carbons (Fsp3) is 0.688. The molecule has 1 saturated heterocycles. The van der Waals surface area contributed by atoms with Gasteiger partial charge in [-0.05, 0) is 81.2 Å². The van der Waals surface area contributed by atoms with Gasteiger partial charge in [-0.2, -0.15) is 0 Å². The Morgan fingerprint density at radius 1 is 0.884 bits per heavy atom. The van der Waals surface area contributed by atoms with Crippen LogP contribution in [0.25, 0.3) is 11.3 Å². The number of ether oxygens (including phenoxy) is 1. The highest BCUT2D eigenvalue weighted by molar-refractivity contribution is 7.89. The maximum Gasteiger partial charge on any atom is 0.242 e. The summed E-state index contributed by atoms with van der Waals surface area (Å²) in [5.74, 6) is 0.473. The lowest BCUT2D eigenvalue weighted by Gasteiger charge is -2.27. The fourth-order valence-corrected chi connectivity index (χ4v) is 9.30. The van der Waals surface area contributed by atoms with Gasteiger partial charge in [0.05, 0.1) is 18.1 Å². The first-order valence-electron chi connectivity index (χ1n) is 15.7. The minimum absolute atomic E-state index is 0.249. The summed E-state index contributed by atoms with van der Waals surface area (Å²) in [7, 11) is -7.55. The van der Waals surface area contributed by atoms with Crippen molar-refractivity contribution in [2.45, 2.75) is 108 Å². The molecule has 1 saturated carbocycles. The number of hydrogen-bond acceptors (Lipinski definition) is 6. The van der Waals surface area contributed by atoms with Crippen molar-refractivity contribution in [3.8, 4) is 11.3 Å². The molecule has 1 aromatic carbocycles. The van der Waals surface area contributed by atoms with Crippen LogP contribution in [0.2, 0.25) is 0 Å². The highest BCUT2D eigenvalue weighted by atomic mass is 32.2. The van der Waals surface area contributed by atoms with E-state index >= 15 is 0 Å². The average Bonchev–Trinajstić information content (AvgIpc) is 3.24. The summed E-state index contributed by atoms with van der Waals surface area (Å²) in [4.78, 5) is 2.73. The lowest BCUT2D eigenvalue weighted by molar-refractivity contribution is 0.0390. The van der Waals surface area contributed by atoms with Gasteiger partial charge in [-0.25, -0.2) is 26.3 Å². The van der Waals surface area contributed by atoms with Crippen LogP contribution in [0.5, 0.6) is 0 Å². The van der Waals surface area contributed by atoms with Crippen molar-refractivity contribution < 1.29 is 21.6 Å². The Morgan fingerprint density at radius 2 is 1.53 bits per heavy atom. The third kappa shape index (κ3) is 8.70. The summed E-state index contributed by atoms with van der Waals surface area (Å²) in [6.07, 6.45) is 5.88. The molecular weight excluding hydrogens is 585 g/mol. The highest BCUT2D eigenvalue weighted by Crippen LogP contribution is 2.37. The maximum absolute atomic E-state index is 13.7. The van der Waals surface area contributed by atoms with E-state index in [4.69, 9.17) is 4.74 Å².